The minimum absolute atomic E-state index is 0.0251. The van der Waals surface area contributed by atoms with Crippen molar-refractivity contribution in [3.05, 3.63) is 53.1 Å². The molecular weight excluding hydrogens is 362 g/mol. The maximum atomic E-state index is 13.4. The Labute approximate surface area is 163 Å². The first-order chi connectivity index (χ1) is 13.0. The lowest BCUT2D eigenvalue weighted by Gasteiger charge is -2.31. The van der Waals surface area contributed by atoms with Crippen LogP contribution in [0.3, 0.4) is 0 Å². The second-order valence-corrected chi connectivity index (χ2v) is 7.69. The van der Waals surface area contributed by atoms with Gasteiger partial charge < -0.3 is 10.2 Å². The smallest absolute Gasteiger partial charge is 0.257 e. The molecule has 2 amide bonds. The van der Waals surface area contributed by atoms with Crippen LogP contribution in [0.25, 0.3) is 0 Å². The minimum Gasteiger partial charge on any atom is -0.320 e. The molecule has 2 aromatic carbocycles. The highest BCUT2D eigenvalue weighted by atomic mass is 35.5. The van der Waals surface area contributed by atoms with Crippen LogP contribution in [0.4, 0.5) is 17.1 Å². The molecule has 0 spiro atoms. The van der Waals surface area contributed by atoms with Crippen molar-refractivity contribution in [2.45, 2.75) is 19.3 Å². The van der Waals surface area contributed by atoms with Gasteiger partial charge in [0, 0.05) is 6.42 Å². The van der Waals surface area contributed by atoms with Crippen molar-refractivity contribution < 1.29 is 9.59 Å². The number of para-hydroxylation sites is 2. The lowest BCUT2D eigenvalue weighted by molar-refractivity contribution is -0.119. The highest BCUT2D eigenvalue weighted by molar-refractivity contribution is 6.36. The van der Waals surface area contributed by atoms with E-state index in [1.54, 1.807) is 41.3 Å². The average Bonchev–Trinajstić information content (AvgIpc) is 2.79. The summed E-state index contributed by atoms with van der Waals surface area (Å²) in [6.07, 6.45) is 2.45. The van der Waals surface area contributed by atoms with E-state index in [1.165, 1.54) is 0 Å². The van der Waals surface area contributed by atoms with Gasteiger partial charge in [-0.1, -0.05) is 29.8 Å². The van der Waals surface area contributed by atoms with Crippen LogP contribution < -0.4 is 10.2 Å². The molecule has 0 aromatic heterocycles. The number of hydrogen-bond donors (Lipinski definition) is 1. The van der Waals surface area contributed by atoms with Gasteiger partial charge in [0.25, 0.3) is 5.91 Å². The Hall–Kier alpha value is -2.37. The first kappa shape index (κ1) is 18.0. The molecule has 4 rings (SSSR count). The Balaban J connectivity index is 1.75. The largest absolute Gasteiger partial charge is 0.320 e. The second kappa shape index (κ2) is 7.33. The fourth-order valence-electron chi connectivity index (χ4n) is 3.88. The van der Waals surface area contributed by atoms with Crippen LogP contribution in [0.1, 0.15) is 29.6 Å². The topological polar surface area (TPSA) is 52.7 Å². The van der Waals surface area contributed by atoms with Gasteiger partial charge in [0.2, 0.25) is 5.91 Å². The molecule has 2 aromatic rings. The van der Waals surface area contributed by atoms with Crippen molar-refractivity contribution in [2.24, 2.45) is 5.92 Å². The van der Waals surface area contributed by atoms with Gasteiger partial charge in [0.05, 0.1) is 27.6 Å². The number of likely N-dealkylation sites (tertiary alicyclic amines) is 1. The van der Waals surface area contributed by atoms with E-state index in [2.05, 4.69) is 17.3 Å². The van der Waals surface area contributed by atoms with Crippen molar-refractivity contribution in [2.75, 3.05) is 30.4 Å². The molecule has 1 fully saturated rings. The fraction of sp³-hybridized carbons (Fsp3) is 0.333. The molecule has 0 saturated carbocycles. The van der Waals surface area contributed by atoms with Crippen molar-refractivity contribution in [3.63, 3.8) is 0 Å². The fourth-order valence-corrected chi connectivity index (χ4v) is 4.14. The predicted octanol–water partition coefficient (Wildman–Crippen LogP) is 4.30. The molecule has 0 bridgehead atoms. The molecule has 140 valence electrons. The molecule has 5 nitrogen and oxygen atoms in total. The lowest BCUT2D eigenvalue weighted by Crippen LogP contribution is -2.34. The normalized spacial score (nSPS) is 17.7. The average molecular weight is 384 g/mol. The number of carbonyl (C=O) groups excluding carboxylic acids is 2. The minimum atomic E-state index is -0.233. The number of carbonyl (C=O) groups is 2. The van der Waals surface area contributed by atoms with Gasteiger partial charge in [-0.05, 0) is 63.2 Å². The number of benzene rings is 2. The van der Waals surface area contributed by atoms with E-state index in [0.29, 0.717) is 40.0 Å². The third kappa shape index (κ3) is 3.45. The van der Waals surface area contributed by atoms with Gasteiger partial charge in [0.1, 0.15) is 0 Å². The van der Waals surface area contributed by atoms with Gasteiger partial charge in [-0.3, -0.25) is 14.5 Å². The Morgan fingerprint density at radius 2 is 1.89 bits per heavy atom. The van der Waals surface area contributed by atoms with Crippen LogP contribution in [0, 0.1) is 5.92 Å². The van der Waals surface area contributed by atoms with Crippen molar-refractivity contribution >= 4 is 40.5 Å². The summed E-state index contributed by atoms with van der Waals surface area (Å²) in [5, 5.41) is 3.34. The van der Waals surface area contributed by atoms with Gasteiger partial charge in [-0.2, -0.15) is 0 Å². The molecule has 0 unspecified atom stereocenters. The first-order valence-corrected chi connectivity index (χ1v) is 9.63. The number of nitrogens with one attached hydrogen (secondary N) is 1. The first-order valence-electron chi connectivity index (χ1n) is 9.25. The van der Waals surface area contributed by atoms with Crippen LogP contribution in [0.5, 0.6) is 0 Å². The maximum Gasteiger partial charge on any atom is 0.257 e. The lowest BCUT2D eigenvalue weighted by atomic mass is 9.93. The standard InChI is InChI=1S/C21H22ClN3O2/c1-24-11-9-14(10-12-24)13-19(26)25-18-8-3-2-5-15(18)21(27)23-17-7-4-6-16(22)20(17)25/h2-8,14H,9-13H2,1H3,(H,23,27). The number of fused-ring (bicyclic) bond motifs is 2. The molecule has 0 aliphatic carbocycles. The summed E-state index contributed by atoms with van der Waals surface area (Å²) in [7, 11) is 2.11. The summed E-state index contributed by atoms with van der Waals surface area (Å²) in [5.41, 5.74) is 2.16. The number of piperidine rings is 1. The van der Waals surface area contributed by atoms with Gasteiger partial charge in [-0.25, -0.2) is 0 Å². The monoisotopic (exact) mass is 383 g/mol. The molecule has 0 radical (unpaired) electrons. The summed E-state index contributed by atoms with van der Waals surface area (Å²) < 4.78 is 0. The van der Waals surface area contributed by atoms with E-state index in [0.717, 1.165) is 25.9 Å². The Bertz CT molecular complexity index is 891. The zero-order valence-electron chi connectivity index (χ0n) is 15.2. The van der Waals surface area contributed by atoms with Gasteiger partial charge in [0.15, 0.2) is 0 Å². The third-order valence-electron chi connectivity index (χ3n) is 5.40. The summed E-state index contributed by atoms with van der Waals surface area (Å²) in [6.45, 7) is 2.01. The molecular formula is C21H22ClN3O2. The van der Waals surface area contributed by atoms with Crippen molar-refractivity contribution in [1.29, 1.82) is 0 Å². The van der Waals surface area contributed by atoms with Crippen LogP contribution in [-0.4, -0.2) is 36.9 Å². The van der Waals surface area contributed by atoms with E-state index < -0.39 is 0 Å². The summed E-state index contributed by atoms with van der Waals surface area (Å²) in [6, 6.07) is 12.5. The Kier molecular flexibility index (Phi) is 4.89. The van der Waals surface area contributed by atoms with E-state index in [9.17, 15) is 9.59 Å². The summed E-state index contributed by atoms with van der Waals surface area (Å²) in [4.78, 5) is 30.0. The van der Waals surface area contributed by atoms with Crippen LogP contribution >= 0.6 is 11.6 Å². The summed E-state index contributed by atoms with van der Waals surface area (Å²) in [5.74, 6) is 0.0882. The zero-order chi connectivity index (χ0) is 19.0. The van der Waals surface area contributed by atoms with Crippen LogP contribution in [-0.2, 0) is 4.79 Å². The third-order valence-corrected chi connectivity index (χ3v) is 5.70. The van der Waals surface area contributed by atoms with E-state index in [1.807, 2.05) is 6.07 Å². The number of hydrogen-bond acceptors (Lipinski definition) is 3. The molecule has 27 heavy (non-hydrogen) atoms. The number of halogens is 1. The molecule has 6 heteroatoms. The predicted molar refractivity (Wildman–Crippen MR) is 108 cm³/mol. The van der Waals surface area contributed by atoms with E-state index >= 15 is 0 Å². The number of rotatable bonds is 2. The van der Waals surface area contributed by atoms with E-state index in [4.69, 9.17) is 11.6 Å². The number of anilines is 3. The summed E-state index contributed by atoms with van der Waals surface area (Å²) >= 11 is 6.48. The van der Waals surface area contributed by atoms with E-state index in [-0.39, 0.29) is 11.8 Å². The molecule has 2 heterocycles. The number of nitrogens with zero attached hydrogens (tertiary/aromatic N) is 2. The van der Waals surface area contributed by atoms with Gasteiger partial charge in [-0.15, -0.1) is 0 Å². The molecule has 2 aliphatic heterocycles. The Morgan fingerprint density at radius 1 is 1.15 bits per heavy atom. The quantitative estimate of drug-likeness (QED) is 0.841. The molecule has 1 N–H and O–H groups in total. The second-order valence-electron chi connectivity index (χ2n) is 7.29. The SMILES string of the molecule is CN1CCC(CC(=O)N2c3ccccc3C(=O)Nc3cccc(Cl)c32)CC1. The number of amides is 2. The molecule has 2 aliphatic rings. The Morgan fingerprint density at radius 3 is 2.67 bits per heavy atom. The van der Waals surface area contributed by atoms with Crippen molar-refractivity contribution in [1.82, 2.24) is 4.90 Å². The maximum absolute atomic E-state index is 13.4. The highest BCUT2D eigenvalue weighted by Crippen LogP contribution is 2.43. The highest BCUT2D eigenvalue weighted by Gasteiger charge is 2.32. The molecule has 0 atom stereocenters. The zero-order valence-corrected chi connectivity index (χ0v) is 16.0. The van der Waals surface area contributed by atoms with Crippen LogP contribution in [0.2, 0.25) is 5.02 Å². The van der Waals surface area contributed by atoms with Crippen molar-refractivity contribution in [3.8, 4) is 0 Å². The van der Waals surface area contributed by atoms with Gasteiger partial charge >= 0.3 is 0 Å². The molecule has 1 saturated heterocycles. The van der Waals surface area contributed by atoms with Crippen LogP contribution in [0.15, 0.2) is 42.5 Å².